The van der Waals surface area contributed by atoms with Crippen LogP contribution >= 0.6 is 0 Å². The number of nitrogens with one attached hydrogen (secondary N) is 3. The van der Waals surface area contributed by atoms with Gasteiger partial charge in [0.2, 0.25) is 11.9 Å². The van der Waals surface area contributed by atoms with Gasteiger partial charge in [-0.1, -0.05) is 18.7 Å². The fraction of sp³-hybridized carbons (Fsp3) is 0.259. The monoisotopic (exact) mass is 501 g/mol. The van der Waals surface area contributed by atoms with Crippen molar-refractivity contribution in [3.8, 4) is 5.75 Å². The number of hydrogen-bond donors (Lipinski definition) is 3. The zero-order chi connectivity index (χ0) is 26.2. The summed E-state index contributed by atoms with van der Waals surface area (Å²) >= 11 is 0. The summed E-state index contributed by atoms with van der Waals surface area (Å²) in [6.07, 6.45) is 2.93. The van der Waals surface area contributed by atoms with Crippen molar-refractivity contribution in [1.82, 2.24) is 9.97 Å². The lowest BCUT2D eigenvalue weighted by atomic mass is 10.2. The Balaban J connectivity index is 1.64. The molecule has 0 bridgehead atoms. The summed E-state index contributed by atoms with van der Waals surface area (Å²) in [5, 5.41) is 9.40. The van der Waals surface area contributed by atoms with Crippen LogP contribution in [-0.2, 0) is 9.53 Å². The van der Waals surface area contributed by atoms with E-state index in [0.717, 1.165) is 35.7 Å². The first-order chi connectivity index (χ1) is 18.0. The van der Waals surface area contributed by atoms with Crippen molar-refractivity contribution < 1.29 is 14.3 Å². The van der Waals surface area contributed by atoms with Crippen LogP contribution in [0.25, 0.3) is 0 Å². The van der Waals surface area contributed by atoms with Gasteiger partial charge in [0.05, 0.1) is 42.9 Å². The molecule has 0 unspecified atom stereocenters. The molecule has 37 heavy (non-hydrogen) atoms. The normalized spacial score (nSPS) is 13.6. The van der Waals surface area contributed by atoms with E-state index < -0.39 is 0 Å². The summed E-state index contributed by atoms with van der Waals surface area (Å²) in [6.45, 7) is 8.49. The molecule has 10 heteroatoms. The van der Waals surface area contributed by atoms with E-state index in [0.29, 0.717) is 42.1 Å². The predicted octanol–water partition coefficient (Wildman–Crippen LogP) is 4.37. The second kappa shape index (κ2) is 12.0. The minimum absolute atomic E-state index is 0.307. The highest BCUT2D eigenvalue weighted by Gasteiger charge is 2.16. The number of amides is 1. The number of hydrogen-bond acceptors (Lipinski definition) is 9. The smallest absolute Gasteiger partial charge is 0.247 e. The third-order valence-corrected chi connectivity index (χ3v) is 5.95. The summed E-state index contributed by atoms with van der Waals surface area (Å²) < 4.78 is 11.1. The van der Waals surface area contributed by atoms with E-state index in [9.17, 15) is 4.79 Å². The zero-order valence-corrected chi connectivity index (χ0v) is 21.2. The quantitative estimate of drug-likeness (QED) is 0.293. The van der Waals surface area contributed by atoms with Crippen molar-refractivity contribution in [2.75, 3.05) is 61.3 Å². The second-order valence-electron chi connectivity index (χ2n) is 8.24. The second-order valence-corrected chi connectivity index (χ2v) is 8.24. The first kappa shape index (κ1) is 25.6. The molecule has 3 aromatic rings. The maximum absolute atomic E-state index is 11.9. The largest absolute Gasteiger partial charge is 0.494 e. The van der Waals surface area contributed by atoms with Crippen molar-refractivity contribution in [2.24, 2.45) is 4.99 Å². The summed E-state index contributed by atoms with van der Waals surface area (Å²) in [7, 11) is 3.35. The third kappa shape index (κ3) is 6.22. The van der Waals surface area contributed by atoms with E-state index >= 15 is 0 Å². The highest BCUT2D eigenvalue weighted by atomic mass is 16.5. The van der Waals surface area contributed by atoms with Crippen LogP contribution in [0.5, 0.6) is 5.75 Å². The van der Waals surface area contributed by atoms with Crippen LogP contribution < -0.4 is 25.6 Å². The van der Waals surface area contributed by atoms with Crippen molar-refractivity contribution >= 4 is 46.1 Å². The minimum atomic E-state index is -0.307. The SMILES string of the molecule is C=CC(=O)Nc1ccccc1Nc1nc(Nc2ccc(N3CCOCC3)cc2OC)ncc1/C(C)=N/C. The molecule has 4 rings (SSSR count). The molecule has 192 valence electrons. The Labute approximate surface area is 216 Å². The fourth-order valence-electron chi connectivity index (χ4n) is 3.86. The average molecular weight is 502 g/mol. The molecule has 0 spiro atoms. The Bertz CT molecular complexity index is 1300. The molecule has 1 saturated heterocycles. The molecule has 0 radical (unpaired) electrons. The Hall–Kier alpha value is -4.44. The number of carbonyl (C=O) groups is 1. The van der Waals surface area contributed by atoms with Crippen LogP contribution in [0.15, 0.2) is 66.3 Å². The number of carbonyl (C=O) groups excluding carboxylic acids is 1. The minimum Gasteiger partial charge on any atom is -0.494 e. The summed E-state index contributed by atoms with van der Waals surface area (Å²) in [5.74, 6) is 1.28. The maximum Gasteiger partial charge on any atom is 0.247 e. The van der Waals surface area contributed by atoms with Crippen LogP contribution in [0.1, 0.15) is 12.5 Å². The number of aliphatic imine (C=N–C) groups is 1. The van der Waals surface area contributed by atoms with Crippen LogP contribution in [0.3, 0.4) is 0 Å². The van der Waals surface area contributed by atoms with Gasteiger partial charge in [0.1, 0.15) is 11.6 Å². The van der Waals surface area contributed by atoms with Crippen LogP contribution in [0.2, 0.25) is 0 Å². The van der Waals surface area contributed by atoms with Crippen LogP contribution in [0.4, 0.5) is 34.5 Å². The van der Waals surface area contributed by atoms with E-state index in [1.54, 1.807) is 26.4 Å². The van der Waals surface area contributed by atoms with Gasteiger partial charge in [-0.3, -0.25) is 9.79 Å². The molecule has 2 heterocycles. The fourth-order valence-corrected chi connectivity index (χ4v) is 3.86. The summed E-state index contributed by atoms with van der Waals surface area (Å²) in [4.78, 5) is 27.7. The van der Waals surface area contributed by atoms with E-state index in [2.05, 4.69) is 37.4 Å². The molecule has 2 aromatic carbocycles. The molecule has 10 nitrogen and oxygen atoms in total. The number of anilines is 6. The average Bonchev–Trinajstić information content (AvgIpc) is 2.94. The Morgan fingerprint density at radius 3 is 2.59 bits per heavy atom. The molecule has 0 atom stereocenters. The van der Waals surface area contributed by atoms with Gasteiger partial charge in [0, 0.05) is 43.8 Å². The predicted molar refractivity (Wildman–Crippen MR) is 148 cm³/mol. The van der Waals surface area contributed by atoms with E-state index in [4.69, 9.17) is 14.5 Å². The van der Waals surface area contributed by atoms with Crippen molar-refractivity contribution in [3.05, 3.63) is 66.9 Å². The summed E-state index contributed by atoms with van der Waals surface area (Å²) in [6, 6.07) is 13.3. The summed E-state index contributed by atoms with van der Waals surface area (Å²) in [5.41, 5.74) is 4.55. The van der Waals surface area contributed by atoms with Gasteiger partial charge in [-0.15, -0.1) is 0 Å². The van der Waals surface area contributed by atoms with Gasteiger partial charge >= 0.3 is 0 Å². The number of methoxy groups -OCH3 is 1. The number of benzene rings is 2. The van der Waals surface area contributed by atoms with Gasteiger partial charge in [-0.25, -0.2) is 4.98 Å². The van der Waals surface area contributed by atoms with Crippen molar-refractivity contribution in [2.45, 2.75) is 6.92 Å². The van der Waals surface area contributed by atoms with Gasteiger partial charge in [0.15, 0.2) is 0 Å². The highest BCUT2D eigenvalue weighted by molar-refractivity contribution is 6.04. The van der Waals surface area contributed by atoms with Gasteiger partial charge in [-0.2, -0.15) is 4.98 Å². The Kier molecular flexibility index (Phi) is 8.32. The molecule has 1 aliphatic heterocycles. The first-order valence-electron chi connectivity index (χ1n) is 11.9. The van der Waals surface area contributed by atoms with Crippen LogP contribution in [0, 0.1) is 0 Å². The molecule has 1 aromatic heterocycles. The zero-order valence-electron chi connectivity index (χ0n) is 21.2. The Morgan fingerprint density at radius 2 is 1.89 bits per heavy atom. The number of para-hydroxylation sites is 2. The number of morpholine rings is 1. The molecular weight excluding hydrogens is 470 g/mol. The van der Waals surface area contributed by atoms with E-state index in [-0.39, 0.29) is 5.91 Å². The lowest BCUT2D eigenvalue weighted by Gasteiger charge is -2.29. The van der Waals surface area contributed by atoms with Crippen molar-refractivity contribution in [3.63, 3.8) is 0 Å². The molecule has 0 aliphatic carbocycles. The Morgan fingerprint density at radius 1 is 1.14 bits per heavy atom. The van der Waals surface area contributed by atoms with Gasteiger partial charge < -0.3 is 30.3 Å². The van der Waals surface area contributed by atoms with Crippen LogP contribution in [-0.4, -0.2) is 62.0 Å². The molecular formula is C27H31N7O3. The molecule has 1 aliphatic rings. The van der Waals surface area contributed by atoms with Gasteiger partial charge in [-0.05, 0) is 37.3 Å². The number of rotatable bonds is 9. The number of ether oxygens (including phenoxy) is 2. The lowest BCUT2D eigenvalue weighted by Crippen LogP contribution is -2.36. The van der Waals surface area contributed by atoms with E-state index in [1.165, 1.54) is 6.08 Å². The maximum atomic E-state index is 11.9. The van der Waals surface area contributed by atoms with E-state index in [1.807, 2.05) is 43.3 Å². The molecule has 0 saturated carbocycles. The first-order valence-corrected chi connectivity index (χ1v) is 11.9. The van der Waals surface area contributed by atoms with Crippen molar-refractivity contribution in [1.29, 1.82) is 0 Å². The topological polar surface area (TPSA) is 113 Å². The third-order valence-electron chi connectivity index (χ3n) is 5.95. The number of nitrogens with zero attached hydrogens (tertiary/aromatic N) is 4. The molecule has 1 amide bonds. The molecule has 3 N–H and O–H groups in total. The van der Waals surface area contributed by atoms with Gasteiger partial charge in [0.25, 0.3) is 0 Å². The highest BCUT2D eigenvalue weighted by Crippen LogP contribution is 2.33. The molecule has 1 fully saturated rings. The standard InChI is InChI=1S/C27H31N7O3/c1-5-25(35)30-21-8-6-7-9-22(21)31-26-20(18(2)28-3)17-29-27(33-26)32-23-11-10-19(16-24(23)36-4)34-12-14-37-15-13-34/h5-11,16-17H,1,12-15H2,2-4H3,(H,30,35)(H2,29,31,32,33)/b28-18+. The number of aromatic nitrogens is 2. The lowest BCUT2D eigenvalue weighted by molar-refractivity contribution is -0.111.